The molecule has 0 N–H and O–H groups in total. The number of aryl methyl sites for hydroxylation is 1. The smallest absolute Gasteiger partial charge is 0.223 e. The van der Waals surface area contributed by atoms with Crippen molar-refractivity contribution in [2.24, 2.45) is 0 Å². The molecule has 1 aromatic rings. The maximum atomic E-state index is 5.65. The van der Waals surface area contributed by atoms with Gasteiger partial charge in [-0.25, -0.2) is 9.97 Å². The Morgan fingerprint density at radius 3 is 3.09 bits per heavy atom. The van der Waals surface area contributed by atoms with Gasteiger partial charge in [-0.3, -0.25) is 0 Å². The molecule has 0 aliphatic carbocycles. The lowest BCUT2D eigenvalue weighted by Crippen LogP contribution is -1.92. The Labute approximate surface area is 69.4 Å². The largest absolute Gasteiger partial charge is 0.489 e. The quantitative estimate of drug-likeness (QED) is 0.552. The van der Waals surface area contributed by atoms with Gasteiger partial charge in [0.25, 0.3) is 0 Å². The van der Waals surface area contributed by atoms with Gasteiger partial charge in [0, 0.05) is 6.42 Å². The highest BCUT2D eigenvalue weighted by molar-refractivity contribution is 6.28. The van der Waals surface area contributed by atoms with Crippen LogP contribution in [0.2, 0.25) is 5.28 Å². The molecule has 0 saturated heterocycles. The molecule has 0 bridgehead atoms. The molecule has 4 heteroatoms. The fraction of sp³-hybridized carbons (Fsp3) is 0.429. The topological polar surface area (TPSA) is 35.0 Å². The van der Waals surface area contributed by atoms with Crippen LogP contribution in [-0.4, -0.2) is 16.6 Å². The molecule has 0 saturated carbocycles. The molecule has 0 unspecified atom stereocenters. The first-order chi connectivity index (χ1) is 5.27. The molecule has 58 valence electrons. The van der Waals surface area contributed by atoms with Gasteiger partial charge in [0.1, 0.15) is 0 Å². The van der Waals surface area contributed by atoms with Gasteiger partial charge in [-0.05, 0) is 18.5 Å². The molecule has 2 heterocycles. The van der Waals surface area contributed by atoms with Crippen molar-refractivity contribution in [2.75, 3.05) is 6.61 Å². The highest BCUT2D eigenvalue weighted by atomic mass is 35.5. The van der Waals surface area contributed by atoms with E-state index in [2.05, 4.69) is 9.97 Å². The number of hydrogen-bond acceptors (Lipinski definition) is 3. The summed E-state index contributed by atoms with van der Waals surface area (Å²) < 4.78 is 5.30. The molecule has 0 aromatic carbocycles. The molecule has 11 heavy (non-hydrogen) atoms. The molecule has 0 spiro atoms. The van der Waals surface area contributed by atoms with Crippen LogP contribution in [0, 0.1) is 6.92 Å². The summed E-state index contributed by atoms with van der Waals surface area (Å²) in [6.07, 6.45) is 0.846. The standard InChI is InChI=1S/C7H7ClN2O/c1-4-6-5(2-3-11-6)10-7(8)9-4/h2-3H2,1H3. The third kappa shape index (κ3) is 1.05. The number of hydrogen-bond donors (Lipinski definition) is 0. The van der Waals surface area contributed by atoms with Crippen molar-refractivity contribution in [2.45, 2.75) is 13.3 Å². The first-order valence-corrected chi connectivity index (χ1v) is 3.81. The summed E-state index contributed by atoms with van der Waals surface area (Å²) in [4.78, 5) is 8.02. The van der Waals surface area contributed by atoms with Gasteiger partial charge in [0.2, 0.25) is 5.28 Å². The van der Waals surface area contributed by atoms with Crippen LogP contribution in [-0.2, 0) is 6.42 Å². The lowest BCUT2D eigenvalue weighted by molar-refractivity contribution is 0.353. The number of nitrogens with zero attached hydrogens (tertiary/aromatic N) is 2. The first-order valence-electron chi connectivity index (χ1n) is 3.43. The van der Waals surface area contributed by atoms with Crippen LogP contribution in [0.5, 0.6) is 5.75 Å². The molecular weight excluding hydrogens is 164 g/mol. The predicted octanol–water partition coefficient (Wildman–Crippen LogP) is 1.37. The van der Waals surface area contributed by atoms with Crippen molar-refractivity contribution in [3.05, 3.63) is 16.7 Å². The van der Waals surface area contributed by atoms with E-state index in [1.54, 1.807) is 0 Å². The normalized spacial score (nSPS) is 14.4. The monoisotopic (exact) mass is 170 g/mol. The van der Waals surface area contributed by atoms with Crippen LogP contribution >= 0.6 is 11.6 Å². The average molecular weight is 171 g/mol. The lowest BCUT2D eigenvalue weighted by atomic mass is 10.3. The van der Waals surface area contributed by atoms with Crippen LogP contribution in [0.25, 0.3) is 0 Å². The van der Waals surface area contributed by atoms with E-state index in [1.165, 1.54) is 0 Å². The molecule has 0 atom stereocenters. The van der Waals surface area contributed by atoms with E-state index in [-0.39, 0.29) is 0 Å². The van der Waals surface area contributed by atoms with Crippen molar-refractivity contribution in [3.8, 4) is 5.75 Å². The van der Waals surface area contributed by atoms with Gasteiger partial charge in [0.05, 0.1) is 18.0 Å². The van der Waals surface area contributed by atoms with Gasteiger partial charge in [-0.2, -0.15) is 0 Å². The minimum absolute atomic E-state index is 0.312. The summed E-state index contributed by atoms with van der Waals surface area (Å²) in [5, 5.41) is 0.312. The fourth-order valence-corrected chi connectivity index (χ4v) is 1.42. The lowest BCUT2D eigenvalue weighted by Gasteiger charge is -2.00. The predicted molar refractivity (Wildman–Crippen MR) is 41.0 cm³/mol. The first kappa shape index (κ1) is 6.85. The second-order valence-electron chi connectivity index (χ2n) is 2.45. The molecule has 0 radical (unpaired) electrons. The Balaban J connectivity index is 2.60. The minimum atomic E-state index is 0.312. The molecular formula is C7H7ClN2O. The van der Waals surface area contributed by atoms with Gasteiger partial charge >= 0.3 is 0 Å². The van der Waals surface area contributed by atoms with Crippen LogP contribution in [0.4, 0.5) is 0 Å². The Kier molecular flexibility index (Phi) is 1.46. The molecule has 2 rings (SSSR count). The van der Waals surface area contributed by atoms with Crippen molar-refractivity contribution >= 4 is 11.6 Å². The number of aromatic nitrogens is 2. The number of rotatable bonds is 0. The summed E-state index contributed by atoms with van der Waals surface area (Å²) in [6.45, 7) is 2.57. The van der Waals surface area contributed by atoms with E-state index in [4.69, 9.17) is 16.3 Å². The van der Waals surface area contributed by atoms with Crippen LogP contribution in [0.1, 0.15) is 11.4 Å². The highest BCUT2D eigenvalue weighted by Gasteiger charge is 2.17. The van der Waals surface area contributed by atoms with Gasteiger partial charge in [-0.1, -0.05) is 0 Å². The number of ether oxygens (including phenoxy) is 1. The molecule has 1 aromatic heterocycles. The van der Waals surface area contributed by atoms with E-state index in [1.807, 2.05) is 6.92 Å². The summed E-state index contributed by atoms with van der Waals surface area (Å²) in [5.41, 5.74) is 1.76. The van der Waals surface area contributed by atoms with Crippen molar-refractivity contribution < 1.29 is 4.74 Å². The fourth-order valence-electron chi connectivity index (χ4n) is 1.19. The third-order valence-corrected chi connectivity index (χ3v) is 1.83. The zero-order chi connectivity index (χ0) is 7.84. The Hall–Kier alpha value is -0.830. The maximum absolute atomic E-state index is 5.65. The summed E-state index contributed by atoms with van der Waals surface area (Å²) in [5.74, 6) is 0.814. The van der Waals surface area contributed by atoms with Crippen LogP contribution in [0.15, 0.2) is 0 Å². The highest BCUT2D eigenvalue weighted by Crippen LogP contribution is 2.26. The Morgan fingerprint density at radius 2 is 2.27 bits per heavy atom. The van der Waals surface area contributed by atoms with E-state index in [9.17, 15) is 0 Å². The summed E-state index contributed by atoms with van der Waals surface area (Å²) in [7, 11) is 0. The van der Waals surface area contributed by atoms with Crippen LogP contribution in [0.3, 0.4) is 0 Å². The molecule has 1 aliphatic rings. The molecule has 0 amide bonds. The molecule has 1 aliphatic heterocycles. The van der Waals surface area contributed by atoms with E-state index < -0.39 is 0 Å². The van der Waals surface area contributed by atoms with Crippen molar-refractivity contribution in [3.63, 3.8) is 0 Å². The Morgan fingerprint density at radius 1 is 1.45 bits per heavy atom. The van der Waals surface area contributed by atoms with Crippen molar-refractivity contribution in [1.82, 2.24) is 9.97 Å². The second kappa shape index (κ2) is 2.34. The third-order valence-electron chi connectivity index (χ3n) is 1.66. The van der Waals surface area contributed by atoms with Gasteiger partial charge < -0.3 is 4.74 Å². The molecule has 3 nitrogen and oxygen atoms in total. The second-order valence-corrected chi connectivity index (χ2v) is 2.79. The SMILES string of the molecule is Cc1nc(Cl)nc2c1OCC2. The number of fused-ring (bicyclic) bond motifs is 1. The van der Waals surface area contributed by atoms with E-state index in [0.29, 0.717) is 11.9 Å². The average Bonchev–Trinajstić information content (AvgIpc) is 2.34. The molecule has 0 fully saturated rings. The summed E-state index contributed by atoms with van der Waals surface area (Å²) >= 11 is 5.65. The van der Waals surface area contributed by atoms with Crippen molar-refractivity contribution in [1.29, 1.82) is 0 Å². The zero-order valence-electron chi connectivity index (χ0n) is 6.09. The van der Waals surface area contributed by atoms with E-state index in [0.717, 1.165) is 23.6 Å². The van der Waals surface area contributed by atoms with Gasteiger partial charge in [-0.15, -0.1) is 0 Å². The Bertz CT molecular complexity index is 301. The maximum Gasteiger partial charge on any atom is 0.223 e. The summed E-state index contributed by atoms with van der Waals surface area (Å²) in [6, 6.07) is 0. The van der Waals surface area contributed by atoms with Crippen LogP contribution < -0.4 is 4.74 Å². The number of halogens is 1. The minimum Gasteiger partial charge on any atom is -0.489 e. The van der Waals surface area contributed by atoms with Gasteiger partial charge in [0.15, 0.2) is 5.75 Å². The zero-order valence-corrected chi connectivity index (χ0v) is 6.85. The van der Waals surface area contributed by atoms with E-state index >= 15 is 0 Å².